The molecule has 1 aliphatic rings. The average Bonchev–Trinajstić information content (AvgIpc) is 3.35. The number of likely N-dealkylation sites (tertiary alicyclic amines) is 1. The molecule has 2 N–H and O–H groups in total. The van der Waals surface area contributed by atoms with Gasteiger partial charge in [-0.25, -0.2) is 0 Å². The van der Waals surface area contributed by atoms with Crippen LogP contribution in [0.4, 0.5) is 0 Å². The van der Waals surface area contributed by atoms with E-state index in [1.807, 2.05) is 50.2 Å². The normalized spacial score (nSPS) is 15.9. The zero-order valence-electron chi connectivity index (χ0n) is 22.1. The Morgan fingerprint density at radius 2 is 1.76 bits per heavy atom. The van der Waals surface area contributed by atoms with Crippen LogP contribution in [0.1, 0.15) is 51.7 Å². The third kappa shape index (κ3) is 6.56. The van der Waals surface area contributed by atoms with Crippen LogP contribution in [0.2, 0.25) is 0 Å². The van der Waals surface area contributed by atoms with Crippen LogP contribution in [0.25, 0.3) is 22.8 Å². The van der Waals surface area contributed by atoms with E-state index in [1.54, 1.807) is 6.07 Å². The van der Waals surface area contributed by atoms with E-state index < -0.39 is 11.4 Å². The highest BCUT2D eigenvalue weighted by Gasteiger charge is 2.42. The van der Waals surface area contributed by atoms with Crippen molar-refractivity contribution in [3.63, 3.8) is 0 Å². The Morgan fingerprint density at radius 1 is 1.08 bits per heavy atom. The SMILES string of the molecule is CC(C)Cc1ccc(-c2nc(-c3ccc(CN4CCC(COC(C)C)(C(=O)O)CC4)cc3)no2)cc1O. The number of benzene rings is 2. The Hall–Kier alpha value is -3.23. The molecule has 3 aromatic rings. The highest BCUT2D eigenvalue weighted by atomic mass is 16.5. The van der Waals surface area contributed by atoms with Crippen LogP contribution in [-0.2, 0) is 22.5 Å². The lowest BCUT2D eigenvalue weighted by atomic mass is 9.79. The molecule has 2 aromatic carbocycles. The zero-order chi connectivity index (χ0) is 26.6. The number of carboxylic acids is 1. The Kier molecular flexibility index (Phi) is 8.29. The molecule has 4 rings (SSSR count). The number of aliphatic carboxylic acids is 1. The second-order valence-corrected chi connectivity index (χ2v) is 10.8. The number of rotatable bonds is 10. The Balaban J connectivity index is 1.37. The van der Waals surface area contributed by atoms with Gasteiger partial charge in [0.1, 0.15) is 5.75 Å². The average molecular weight is 508 g/mol. The predicted octanol–water partition coefficient (Wildman–Crippen LogP) is 5.40. The van der Waals surface area contributed by atoms with E-state index in [-0.39, 0.29) is 18.5 Å². The predicted molar refractivity (Wildman–Crippen MR) is 141 cm³/mol. The van der Waals surface area contributed by atoms with Gasteiger partial charge in [-0.3, -0.25) is 9.69 Å². The third-order valence-electron chi connectivity index (χ3n) is 6.96. The number of carbonyl (C=O) groups is 1. The smallest absolute Gasteiger partial charge is 0.312 e. The molecule has 0 unspecified atom stereocenters. The van der Waals surface area contributed by atoms with Gasteiger partial charge in [-0.2, -0.15) is 4.98 Å². The summed E-state index contributed by atoms with van der Waals surface area (Å²) in [7, 11) is 0. The monoisotopic (exact) mass is 507 g/mol. The summed E-state index contributed by atoms with van der Waals surface area (Å²) in [6, 6.07) is 13.5. The van der Waals surface area contributed by atoms with Gasteiger partial charge in [0.2, 0.25) is 5.82 Å². The topological polar surface area (TPSA) is 109 Å². The molecule has 1 saturated heterocycles. The Labute approximate surface area is 218 Å². The molecule has 1 aliphatic heterocycles. The number of hydrogen-bond donors (Lipinski definition) is 2. The van der Waals surface area contributed by atoms with Gasteiger partial charge in [0.15, 0.2) is 0 Å². The van der Waals surface area contributed by atoms with Crippen molar-refractivity contribution in [3.05, 3.63) is 53.6 Å². The van der Waals surface area contributed by atoms with Gasteiger partial charge in [-0.05, 0) is 75.4 Å². The van der Waals surface area contributed by atoms with Crippen LogP contribution in [0.5, 0.6) is 5.75 Å². The molecule has 37 heavy (non-hydrogen) atoms. The molecular weight excluding hydrogens is 470 g/mol. The molecule has 0 spiro atoms. The van der Waals surface area contributed by atoms with E-state index in [1.165, 1.54) is 0 Å². The van der Waals surface area contributed by atoms with Gasteiger partial charge in [0, 0.05) is 17.7 Å². The first-order valence-electron chi connectivity index (χ1n) is 13.0. The van der Waals surface area contributed by atoms with E-state index >= 15 is 0 Å². The fraction of sp³-hybridized carbons (Fsp3) is 0.483. The van der Waals surface area contributed by atoms with Gasteiger partial charge in [-0.1, -0.05) is 49.3 Å². The number of carboxylic acid groups (broad SMARTS) is 1. The van der Waals surface area contributed by atoms with Gasteiger partial charge < -0.3 is 19.5 Å². The van der Waals surface area contributed by atoms with Gasteiger partial charge >= 0.3 is 5.97 Å². The fourth-order valence-corrected chi connectivity index (χ4v) is 4.67. The Morgan fingerprint density at radius 3 is 2.35 bits per heavy atom. The minimum Gasteiger partial charge on any atom is -0.508 e. The standard InChI is InChI=1S/C29H37N3O5/c1-19(2)15-23-9-10-24(16-25(23)33)27-30-26(31-37-27)22-7-5-21(6-8-22)17-32-13-11-29(12-14-32,28(34)35)18-36-20(3)4/h5-10,16,19-20,33H,11-15,17-18H2,1-4H3,(H,34,35). The summed E-state index contributed by atoms with van der Waals surface area (Å²) >= 11 is 0. The first kappa shape index (κ1) is 26.8. The number of hydrogen-bond acceptors (Lipinski definition) is 7. The quantitative estimate of drug-likeness (QED) is 0.375. The molecule has 0 radical (unpaired) electrons. The molecule has 0 saturated carbocycles. The van der Waals surface area contributed by atoms with E-state index in [0.717, 1.165) is 29.7 Å². The van der Waals surface area contributed by atoms with Crippen LogP contribution in [0, 0.1) is 11.3 Å². The lowest BCUT2D eigenvalue weighted by Gasteiger charge is -2.39. The van der Waals surface area contributed by atoms with Gasteiger partial charge in [-0.15, -0.1) is 0 Å². The van der Waals surface area contributed by atoms with E-state index in [4.69, 9.17) is 9.26 Å². The molecule has 1 fully saturated rings. The summed E-state index contributed by atoms with van der Waals surface area (Å²) < 4.78 is 11.1. The van der Waals surface area contributed by atoms with Crippen molar-refractivity contribution in [1.29, 1.82) is 0 Å². The molecule has 0 atom stereocenters. The first-order chi connectivity index (χ1) is 17.6. The molecule has 8 heteroatoms. The molecule has 1 aromatic heterocycles. The third-order valence-corrected chi connectivity index (χ3v) is 6.96. The van der Waals surface area contributed by atoms with Crippen molar-refractivity contribution >= 4 is 5.97 Å². The highest BCUT2D eigenvalue weighted by molar-refractivity contribution is 5.75. The molecular formula is C29H37N3O5. The van der Waals surface area contributed by atoms with Crippen molar-refractivity contribution in [2.75, 3.05) is 19.7 Å². The number of phenols is 1. The summed E-state index contributed by atoms with van der Waals surface area (Å²) in [5.74, 6) is 0.774. The van der Waals surface area contributed by atoms with Crippen LogP contribution < -0.4 is 0 Å². The Bertz CT molecular complexity index is 1190. The lowest BCUT2D eigenvalue weighted by molar-refractivity contribution is -0.158. The summed E-state index contributed by atoms with van der Waals surface area (Å²) in [5.41, 5.74) is 2.77. The number of piperidine rings is 1. The minimum atomic E-state index is -0.799. The number of aromatic nitrogens is 2. The molecule has 2 heterocycles. The lowest BCUT2D eigenvalue weighted by Crippen LogP contribution is -2.47. The molecule has 8 nitrogen and oxygen atoms in total. The van der Waals surface area contributed by atoms with Crippen molar-refractivity contribution in [2.45, 2.75) is 59.6 Å². The maximum Gasteiger partial charge on any atom is 0.312 e. The van der Waals surface area contributed by atoms with Gasteiger partial charge in [0.25, 0.3) is 5.89 Å². The van der Waals surface area contributed by atoms with Crippen molar-refractivity contribution in [2.24, 2.45) is 11.3 Å². The second-order valence-electron chi connectivity index (χ2n) is 10.8. The first-order valence-corrected chi connectivity index (χ1v) is 13.0. The molecule has 0 bridgehead atoms. The molecule has 198 valence electrons. The number of ether oxygens (including phenoxy) is 1. The maximum atomic E-state index is 12.0. The van der Waals surface area contributed by atoms with Crippen molar-refractivity contribution < 1.29 is 24.3 Å². The fourth-order valence-electron chi connectivity index (χ4n) is 4.67. The summed E-state index contributed by atoms with van der Waals surface area (Å²) in [5, 5.41) is 24.3. The second kappa shape index (κ2) is 11.4. The summed E-state index contributed by atoms with van der Waals surface area (Å²) in [6.07, 6.45) is 1.97. The maximum absolute atomic E-state index is 12.0. The van der Waals surface area contributed by atoms with E-state index in [9.17, 15) is 15.0 Å². The number of phenolic OH excluding ortho intramolecular Hbond substituents is 1. The van der Waals surface area contributed by atoms with E-state index in [0.29, 0.717) is 49.1 Å². The number of aromatic hydroxyl groups is 1. The largest absolute Gasteiger partial charge is 0.508 e. The van der Waals surface area contributed by atoms with Crippen LogP contribution in [-0.4, -0.2) is 57.0 Å². The summed E-state index contributed by atoms with van der Waals surface area (Å²) in [6.45, 7) is 10.5. The number of nitrogens with zero attached hydrogens (tertiary/aromatic N) is 3. The minimum absolute atomic E-state index is 0.0190. The molecule has 0 amide bonds. The van der Waals surface area contributed by atoms with Crippen molar-refractivity contribution in [3.8, 4) is 28.6 Å². The van der Waals surface area contributed by atoms with E-state index in [2.05, 4.69) is 28.9 Å². The van der Waals surface area contributed by atoms with Crippen LogP contribution in [0.3, 0.4) is 0 Å². The van der Waals surface area contributed by atoms with Crippen LogP contribution in [0.15, 0.2) is 47.0 Å². The highest BCUT2D eigenvalue weighted by Crippen LogP contribution is 2.34. The summed E-state index contributed by atoms with van der Waals surface area (Å²) in [4.78, 5) is 18.8. The van der Waals surface area contributed by atoms with Crippen LogP contribution >= 0.6 is 0 Å². The zero-order valence-corrected chi connectivity index (χ0v) is 22.1. The molecule has 0 aliphatic carbocycles. The van der Waals surface area contributed by atoms with Gasteiger partial charge in [0.05, 0.1) is 18.1 Å². The van der Waals surface area contributed by atoms with Crippen molar-refractivity contribution in [1.82, 2.24) is 15.0 Å².